The zero-order chi connectivity index (χ0) is 12.5. The lowest BCUT2D eigenvalue weighted by Gasteiger charge is -2.28. The Hall–Kier alpha value is -0.870. The first kappa shape index (κ1) is 12.6. The van der Waals surface area contributed by atoms with E-state index in [9.17, 15) is 8.42 Å². The third-order valence-electron chi connectivity index (χ3n) is 3.55. The minimum absolute atomic E-state index is 0.214. The molecule has 4 heteroatoms. The van der Waals surface area contributed by atoms with Gasteiger partial charge in [0, 0.05) is 6.04 Å². The number of nitrogens with two attached hydrogens (primary N) is 1. The fraction of sp³-hybridized carbons (Fsp3) is 0.538. The van der Waals surface area contributed by atoms with Crippen LogP contribution in [0, 0.1) is 6.92 Å². The molecule has 1 fully saturated rings. The number of rotatable bonds is 2. The molecule has 0 spiro atoms. The van der Waals surface area contributed by atoms with E-state index >= 15 is 0 Å². The third-order valence-corrected chi connectivity index (χ3v) is 6.01. The molecule has 0 saturated heterocycles. The Morgan fingerprint density at radius 2 is 1.82 bits per heavy atom. The van der Waals surface area contributed by atoms with Gasteiger partial charge in [0.25, 0.3) is 0 Å². The molecular formula is C13H19NO2S. The van der Waals surface area contributed by atoms with E-state index < -0.39 is 15.1 Å². The van der Waals surface area contributed by atoms with E-state index in [4.69, 9.17) is 5.73 Å². The molecular weight excluding hydrogens is 234 g/mol. The molecule has 0 heterocycles. The van der Waals surface area contributed by atoms with Crippen molar-refractivity contribution in [2.24, 2.45) is 5.73 Å². The van der Waals surface area contributed by atoms with Gasteiger partial charge < -0.3 is 5.73 Å². The van der Waals surface area contributed by atoms with Crippen LogP contribution in [0.25, 0.3) is 0 Å². The zero-order valence-corrected chi connectivity index (χ0v) is 10.9. The number of benzene rings is 1. The van der Waals surface area contributed by atoms with Crippen LogP contribution in [0.1, 0.15) is 31.2 Å². The highest BCUT2D eigenvalue weighted by Crippen LogP contribution is 2.29. The van der Waals surface area contributed by atoms with Gasteiger partial charge in [0.05, 0.1) is 10.1 Å². The van der Waals surface area contributed by atoms with Crippen LogP contribution < -0.4 is 5.73 Å². The smallest absolute Gasteiger partial charge is 0.183 e. The maximum Gasteiger partial charge on any atom is 0.183 e. The number of hydrogen-bond donors (Lipinski definition) is 1. The topological polar surface area (TPSA) is 60.2 Å². The summed E-state index contributed by atoms with van der Waals surface area (Å²) in [4.78, 5) is 0.447. The quantitative estimate of drug-likeness (QED) is 0.877. The first-order chi connectivity index (χ1) is 8.03. The summed E-state index contributed by atoms with van der Waals surface area (Å²) in [6, 6.07) is 6.93. The summed E-state index contributed by atoms with van der Waals surface area (Å²) >= 11 is 0. The van der Waals surface area contributed by atoms with Gasteiger partial charge in [0.1, 0.15) is 0 Å². The molecule has 1 aromatic rings. The van der Waals surface area contributed by atoms with E-state index in [0.29, 0.717) is 11.3 Å². The molecule has 17 heavy (non-hydrogen) atoms. The second-order valence-corrected chi connectivity index (χ2v) is 6.93. The maximum atomic E-state index is 12.5. The average molecular weight is 253 g/mol. The average Bonchev–Trinajstić information content (AvgIpc) is 2.29. The minimum atomic E-state index is -3.27. The van der Waals surface area contributed by atoms with E-state index in [-0.39, 0.29) is 6.04 Å². The van der Waals surface area contributed by atoms with Crippen molar-refractivity contribution >= 4 is 9.84 Å². The third kappa shape index (κ3) is 2.38. The normalized spacial score (nSPS) is 25.8. The first-order valence-corrected chi connectivity index (χ1v) is 7.63. The van der Waals surface area contributed by atoms with E-state index in [1.54, 1.807) is 12.1 Å². The van der Waals surface area contributed by atoms with Crippen molar-refractivity contribution < 1.29 is 8.42 Å². The molecule has 2 rings (SSSR count). The van der Waals surface area contributed by atoms with Crippen molar-refractivity contribution in [3.8, 4) is 0 Å². The Morgan fingerprint density at radius 1 is 1.18 bits per heavy atom. The summed E-state index contributed by atoms with van der Waals surface area (Å²) in [5.41, 5.74) is 6.78. The van der Waals surface area contributed by atoms with Gasteiger partial charge >= 0.3 is 0 Å². The molecule has 0 aliphatic heterocycles. The van der Waals surface area contributed by atoms with Crippen molar-refractivity contribution in [2.45, 2.75) is 48.8 Å². The monoisotopic (exact) mass is 253 g/mol. The number of hydrogen-bond acceptors (Lipinski definition) is 3. The van der Waals surface area contributed by atoms with Crippen LogP contribution in [-0.4, -0.2) is 19.7 Å². The molecule has 2 atom stereocenters. The van der Waals surface area contributed by atoms with E-state index in [2.05, 4.69) is 0 Å². The van der Waals surface area contributed by atoms with Gasteiger partial charge in [-0.3, -0.25) is 0 Å². The molecule has 2 unspecified atom stereocenters. The summed E-state index contributed by atoms with van der Waals surface area (Å²) < 4.78 is 25.1. The number of sulfone groups is 1. The van der Waals surface area contributed by atoms with Crippen molar-refractivity contribution in [2.75, 3.05) is 0 Å². The summed E-state index contributed by atoms with van der Waals surface area (Å²) in [5, 5.41) is -0.405. The molecule has 0 amide bonds. The van der Waals surface area contributed by atoms with Crippen LogP contribution in [0.15, 0.2) is 29.2 Å². The fourth-order valence-electron chi connectivity index (χ4n) is 2.55. The van der Waals surface area contributed by atoms with E-state index in [1.165, 1.54) is 0 Å². The van der Waals surface area contributed by atoms with Crippen LogP contribution in [0.2, 0.25) is 0 Å². The number of aryl methyl sites for hydroxylation is 1. The lowest BCUT2D eigenvalue weighted by molar-refractivity contribution is 0.432. The second-order valence-electron chi connectivity index (χ2n) is 4.80. The van der Waals surface area contributed by atoms with Gasteiger partial charge in [-0.25, -0.2) is 8.42 Å². The van der Waals surface area contributed by atoms with Crippen LogP contribution in [0.4, 0.5) is 0 Å². The maximum absolute atomic E-state index is 12.5. The van der Waals surface area contributed by atoms with Gasteiger partial charge in [0.15, 0.2) is 9.84 Å². The standard InChI is InChI=1S/C13H19NO2S/c1-10-6-2-4-8-12(10)17(15,16)13-9-5-3-7-11(13)14/h2,4,6,8,11,13H,3,5,7,9,14H2,1H3. The highest BCUT2D eigenvalue weighted by molar-refractivity contribution is 7.92. The Kier molecular flexibility index (Phi) is 3.54. The second kappa shape index (κ2) is 4.78. The van der Waals surface area contributed by atoms with Gasteiger partial charge in [-0.2, -0.15) is 0 Å². The van der Waals surface area contributed by atoms with E-state index in [0.717, 1.165) is 24.8 Å². The summed E-state index contributed by atoms with van der Waals surface area (Å²) in [6.07, 6.45) is 3.51. The highest BCUT2D eigenvalue weighted by atomic mass is 32.2. The molecule has 0 bridgehead atoms. The van der Waals surface area contributed by atoms with Crippen LogP contribution >= 0.6 is 0 Å². The Balaban J connectivity index is 2.39. The fourth-order valence-corrected chi connectivity index (χ4v) is 4.73. The molecule has 1 saturated carbocycles. The molecule has 1 aliphatic carbocycles. The SMILES string of the molecule is Cc1ccccc1S(=O)(=O)C1CCCCC1N. The minimum Gasteiger partial charge on any atom is -0.327 e. The summed E-state index contributed by atoms with van der Waals surface area (Å²) in [7, 11) is -3.27. The van der Waals surface area contributed by atoms with Gasteiger partial charge in [-0.1, -0.05) is 31.0 Å². The molecule has 3 nitrogen and oxygen atoms in total. The molecule has 2 N–H and O–H groups in total. The van der Waals surface area contributed by atoms with Crippen LogP contribution in [-0.2, 0) is 9.84 Å². The van der Waals surface area contributed by atoms with Crippen LogP contribution in [0.5, 0.6) is 0 Å². The lowest BCUT2D eigenvalue weighted by Crippen LogP contribution is -2.42. The predicted octanol–water partition coefficient (Wildman–Crippen LogP) is 2.04. The largest absolute Gasteiger partial charge is 0.327 e. The van der Waals surface area contributed by atoms with Crippen molar-refractivity contribution in [1.29, 1.82) is 0 Å². The van der Waals surface area contributed by atoms with Crippen molar-refractivity contribution in [1.82, 2.24) is 0 Å². The Morgan fingerprint density at radius 3 is 2.47 bits per heavy atom. The van der Waals surface area contributed by atoms with Crippen molar-refractivity contribution in [3.63, 3.8) is 0 Å². The zero-order valence-electron chi connectivity index (χ0n) is 10.1. The van der Waals surface area contributed by atoms with Gasteiger partial charge in [-0.15, -0.1) is 0 Å². The predicted molar refractivity (Wildman–Crippen MR) is 68.6 cm³/mol. The summed E-state index contributed by atoms with van der Waals surface area (Å²) in [6.45, 7) is 1.83. The lowest BCUT2D eigenvalue weighted by atomic mass is 9.96. The van der Waals surface area contributed by atoms with Gasteiger partial charge in [-0.05, 0) is 31.4 Å². The highest BCUT2D eigenvalue weighted by Gasteiger charge is 2.35. The van der Waals surface area contributed by atoms with Gasteiger partial charge in [0.2, 0.25) is 0 Å². The molecule has 1 aliphatic rings. The molecule has 1 aromatic carbocycles. The molecule has 0 radical (unpaired) electrons. The molecule has 0 aromatic heterocycles. The van der Waals surface area contributed by atoms with E-state index in [1.807, 2.05) is 19.1 Å². The Bertz CT molecular complexity index is 496. The molecule has 94 valence electrons. The van der Waals surface area contributed by atoms with Crippen LogP contribution in [0.3, 0.4) is 0 Å². The van der Waals surface area contributed by atoms with Crippen molar-refractivity contribution in [3.05, 3.63) is 29.8 Å². The Labute approximate surface area is 103 Å². The summed E-state index contributed by atoms with van der Waals surface area (Å²) in [5.74, 6) is 0. The first-order valence-electron chi connectivity index (χ1n) is 6.08.